The second-order valence-electron chi connectivity index (χ2n) is 15.3. The van der Waals surface area contributed by atoms with Crippen molar-refractivity contribution < 1.29 is 38.6 Å². The summed E-state index contributed by atoms with van der Waals surface area (Å²) in [6.45, 7) is 13.6. The van der Waals surface area contributed by atoms with Gasteiger partial charge in [-0.2, -0.15) is 0 Å². The Morgan fingerprint density at radius 3 is 2.10 bits per heavy atom. The normalized spacial score (nSPS) is 19.0. The third-order valence-electron chi connectivity index (χ3n) is 11.0. The van der Waals surface area contributed by atoms with Crippen LogP contribution in [0, 0.1) is 17.8 Å². The molecule has 0 bridgehead atoms. The summed E-state index contributed by atoms with van der Waals surface area (Å²) in [5.74, 6) is -3.32. The van der Waals surface area contributed by atoms with Gasteiger partial charge in [0.25, 0.3) is 0 Å². The maximum absolute atomic E-state index is 14.1. The molecule has 1 saturated heterocycles. The van der Waals surface area contributed by atoms with Gasteiger partial charge >= 0.3 is 5.97 Å². The van der Waals surface area contributed by atoms with Crippen molar-refractivity contribution in [3.63, 3.8) is 0 Å². The number of benzene rings is 1. The van der Waals surface area contributed by atoms with E-state index in [0.29, 0.717) is 19.4 Å². The lowest BCUT2D eigenvalue weighted by molar-refractivity contribution is -0.148. The van der Waals surface area contributed by atoms with Gasteiger partial charge in [-0.05, 0) is 58.2 Å². The van der Waals surface area contributed by atoms with Gasteiger partial charge in [0, 0.05) is 34.2 Å². The Kier molecular flexibility index (Phi) is 17.2. The van der Waals surface area contributed by atoms with Gasteiger partial charge in [-0.1, -0.05) is 71.4 Å². The third-order valence-corrected chi connectivity index (χ3v) is 11.0. The molecule has 0 aliphatic carbocycles. The fourth-order valence-electron chi connectivity index (χ4n) is 6.91. The van der Waals surface area contributed by atoms with Crippen LogP contribution >= 0.6 is 0 Å². The lowest BCUT2D eigenvalue weighted by atomic mass is 9.89. The minimum atomic E-state index is -1.14. The van der Waals surface area contributed by atoms with Crippen molar-refractivity contribution in [2.24, 2.45) is 17.8 Å². The Labute approximate surface area is 311 Å². The Balaban J connectivity index is 2.27. The van der Waals surface area contributed by atoms with Gasteiger partial charge in [-0.25, -0.2) is 4.79 Å². The molecule has 0 radical (unpaired) electrons. The molecule has 1 aromatic carbocycles. The van der Waals surface area contributed by atoms with Crippen molar-refractivity contribution in [3.8, 4) is 0 Å². The number of aliphatic carboxylic acids is 1. The average Bonchev–Trinajstić information content (AvgIpc) is 3.59. The molecule has 2 rings (SSSR count). The number of hydrogen-bond acceptors (Lipinski definition) is 8. The predicted molar refractivity (Wildman–Crippen MR) is 200 cm³/mol. The summed E-state index contributed by atoms with van der Waals surface area (Å²) in [7, 11) is 8.36. The van der Waals surface area contributed by atoms with E-state index in [1.54, 1.807) is 42.5 Å². The monoisotopic (exact) mass is 731 g/mol. The first kappa shape index (κ1) is 44.6. The molecular weight excluding hydrogens is 666 g/mol. The topological polar surface area (TPSA) is 158 Å². The van der Waals surface area contributed by atoms with Crippen LogP contribution in [0.4, 0.5) is 0 Å². The van der Waals surface area contributed by atoms with Crippen LogP contribution < -0.4 is 10.6 Å². The number of amides is 4. The molecule has 0 aromatic heterocycles. The van der Waals surface area contributed by atoms with E-state index < -0.39 is 59.7 Å². The Morgan fingerprint density at radius 2 is 1.60 bits per heavy atom. The number of nitrogens with zero attached hydrogens (tertiary/aromatic N) is 3. The van der Waals surface area contributed by atoms with Crippen molar-refractivity contribution in [1.29, 1.82) is 0 Å². The smallest absolute Gasteiger partial charge is 0.326 e. The van der Waals surface area contributed by atoms with Crippen molar-refractivity contribution in [1.82, 2.24) is 25.3 Å². The zero-order valence-corrected chi connectivity index (χ0v) is 33.5. The zero-order chi connectivity index (χ0) is 39.5. The minimum absolute atomic E-state index is 0.0127. The standard InChI is InChI=1S/C39H65N5O8/c1-13-25(4)33(43(10)36(47)32(24(2)3)41-38(50)39(6,7)42(8)9)30(51-11)23-31(45)44-21-17-20-29(44)34(52-12)26(5)35(46)40-28(37(48)49)22-27-18-15-14-16-19-27/h14-16,18-19,24-26,28-30,32-34H,13,17,20-23H2,1-12H3,(H,40,46)(H,41,50)(H,48,49)/t25-,26+,28-,29-,30+,32-,33-,34+/m0/s1. The number of carbonyl (C=O) groups excluding carboxylic acids is 4. The number of hydrogen-bond donors (Lipinski definition) is 3. The summed E-state index contributed by atoms with van der Waals surface area (Å²) in [5.41, 5.74) is -0.0546. The summed E-state index contributed by atoms with van der Waals surface area (Å²) < 4.78 is 11.8. The quantitative estimate of drug-likeness (QED) is 0.183. The van der Waals surface area contributed by atoms with Gasteiger partial charge in [0.15, 0.2) is 0 Å². The molecule has 1 heterocycles. The number of carboxylic acids is 1. The van der Waals surface area contributed by atoms with E-state index in [1.807, 2.05) is 72.1 Å². The van der Waals surface area contributed by atoms with E-state index >= 15 is 0 Å². The van der Waals surface area contributed by atoms with Crippen molar-refractivity contribution in [2.75, 3.05) is 41.9 Å². The van der Waals surface area contributed by atoms with Crippen LogP contribution in [0.25, 0.3) is 0 Å². The number of carboxylic acid groups (broad SMARTS) is 1. The van der Waals surface area contributed by atoms with E-state index in [9.17, 15) is 29.1 Å². The molecule has 0 unspecified atom stereocenters. The van der Waals surface area contributed by atoms with Crippen LogP contribution in [0.5, 0.6) is 0 Å². The summed E-state index contributed by atoms with van der Waals surface area (Å²) >= 11 is 0. The number of rotatable bonds is 20. The van der Waals surface area contributed by atoms with E-state index in [2.05, 4.69) is 10.6 Å². The molecule has 1 fully saturated rings. The number of carbonyl (C=O) groups is 5. The highest BCUT2D eigenvalue weighted by Gasteiger charge is 2.43. The van der Waals surface area contributed by atoms with Gasteiger partial charge in [-0.3, -0.25) is 24.1 Å². The fraction of sp³-hybridized carbons (Fsp3) is 0.718. The summed E-state index contributed by atoms with van der Waals surface area (Å²) in [4.78, 5) is 72.2. The molecule has 8 atom stereocenters. The van der Waals surface area contributed by atoms with Gasteiger partial charge in [-0.15, -0.1) is 0 Å². The lowest BCUT2D eigenvalue weighted by Gasteiger charge is -2.41. The van der Waals surface area contributed by atoms with E-state index in [1.165, 1.54) is 14.2 Å². The maximum atomic E-state index is 14.1. The van der Waals surface area contributed by atoms with Crippen LogP contribution in [0.3, 0.4) is 0 Å². The van der Waals surface area contributed by atoms with E-state index in [0.717, 1.165) is 12.0 Å². The van der Waals surface area contributed by atoms with Crippen LogP contribution in [-0.4, -0.2) is 133 Å². The van der Waals surface area contributed by atoms with Crippen molar-refractivity contribution in [3.05, 3.63) is 35.9 Å². The van der Waals surface area contributed by atoms with Gasteiger partial charge in [0.05, 0.1) is 42.2 Å². The van der Waals surface area contributed by atoms with Gasteiger partial charge in [0.1, 0.15) is 12.1 Å². The molecule has 0 saturated carbocycles. The highest BCUT2D eigenvalue weighted by Crippen LogP contribution is 2.30. The zero-order valence-electron chi connectivity index (χ0n) is 33.5. The van der Waals surface area contributed by atoms with Crippen LogP contribution in [-0.2, 0) is 39.9 Å². The molecule has 4 amide bonds. The molecule has 0 spiro atoms. The Bertz CT molecular complexity index is 1340. The Morgan fingerprint density at radius 1 is 0.981 bits per heavy atom. The second kappa shape index (κ2) is 20.1. The fourth-order valence-corrected chi connectivity index (χ4v) is 6.91. The molecule has 13 heteroatoms. The molecule has 13 nitrogen and oxygen atoms in total. The highest BCUT2D eigenvalue weighted by atomic mass is 16.5. The molecule has 52 heavy (non-hydrogen) atoms. The summed E-state index contributed by atoms with van der Waals surface area (Å²) in [6, 6.07) is 6.28. The number of ether oxygens (including phenoxy) is 2. The number of nitrogens with one attached hydrogen (secondary N) is 2. The predicted octanol–water partition coefficient (Wildman–Crippen LogP) is 3.20. The molecule has 1 aromatic rings. The second-order valence-corrected chi connectivity index (χ2v) is 15.3. The lowest BCUT2D eigenvalue weighted by Crippen LogP contribution is -2.61. The number of likely N-dealkylation sites (N-methyl/N-ethyl adjacent to an activating group) is 2. The van der Waals surface area contributed by atoms with Gasteiger partial charge in [0.2, 0.25) is 23.6 Å². The Hall–Kier alpha value is -3.55. The first-order valence-corrected chi connectivity index (χ1v) is 18.5. The largest absolute Gasteiger partial charge is 0.480 e. The minimum Gasteiger partial charge on any atom is -0.480 e. The van der Waals surface area contributed by atoms with Crippen LogP contribution in [0.15, 0.2) is 30.3 Å². The number of methoxy groups -OCH3 is 2. The third kappa shape index (κ3) is 11.2. The van der Waals surface area contributed by atoms with Crippen LogP contribution in [0.2, 0.25) is 0 Å². The summed E-state index contributed by atoms with van der Waals surface area (Å²) in [6.07, 6.45) is 0.811. The molecule has 294 valence electrons. The first-order valence-electron chi connectivity index (χ1n) is 18.5. The van der Waals surface area contributed by atoms with Crippen molar-refractivity contribution in [2.45, 2.75) is 122 Å². The SMILES string of the molecule is CC[C@H](C)[C@@H]([C@@H](CC(=O)N1CCC[C@H]1[C@H](OC)[C@@H](C)C(=O)N[C@@H](Cc1ccccc1)C(=O)O)OC)N(C)C(=O)[C@@H](NC(=O)C(C)(C)N(C)C)C(C)C. The molecule has 1 aliphatic rings. The van der Waals surface area contributed by atoms with E-state index in [-0.39, 0.29) is 42.4 Å². The van der Waals surface area contributed by atoms with Crippen LogP contribution in [0.1, 0.15) is 79.7 Å². The summed E-state index contributed by atoms with van der Waals surface area (Å²) in [5, 5.41) is 15.5. The average molecular weight is 732 g/mol. The van der Waals surface area contributed by atoms with Gasteiger partial charge < -0.3 is 35.0 Å². The molecular formula is C39H65N5O8. The first-order chi connectivity index (χ1) is 24.3. The molecule has 3 N–H and O–H groups in total. The molecule has 1 aliphatic heterocycles. The van der Waals surface area contributed by atoms with E-state index in [4.69, 9.17) is 9.47 Å². The highest BCUT2D eigenvalue weighted by molar-refractivity contribution is 5.92. The maximum Gasteiger partial charge on any atom is 0.326 e. The van der Waals surface area contributed by atoms with Crippen molar-refractivity contribution >= 4 is 29.6 Å². The number of likely N-dealkylation sites (tertiary alicyclic amines) is 1.